The molecule has 0 fully saturated rings. The normalized spacial score (nSPS) is 18.4. The van der Waals surface area contributed by atoms with E-state index in [1.807, 2.05) is 20.8 Å². The highest BCUT2D eigenvalue weighted by molar-refractivity contribution is 5.95. The molecule has 0 radical (unpaired) electrons. The number of carbonyl (C=O) groups excluding carboxylic acids is 2. The fraction of sp³-hybridized carbons (Fsp3) is 0.412. The molecule has 22 heavy (non-hydrogen) atoms. The van der Waals surface area contributed by atoms with Crippen molar-refractivity contribution in [3.63, 3.8) is 0 Å². The highest BCUT2D eigenvalue weighted by atomic mass is 16.5. The Kier molecular flexibility index (Phi) is 4.26. The van der Waals surface area contributed by atoms with Crippen LogP contribution in [0.2, 0.25) is 0 Å². The Balaban J connectivity index is 2.67. The van der Waals surface area contributed by atoms with Gasteiger partial charge in [-0.1, -0.05) is 17.7 Å². The fourth-order valence-corrected chi connectivity index (χ4v) is 3.07. The lowest BCUT2D eigenvalue weighted by Crippen LogP contribution is -2.46. The zero-order chi connectivity index (χ0) is 16.6. The number of benzene rings is 1. The van der Waals surface area contributed by atoms with Gasteiger partial charge in [0.05, 0.1) is 18.7 Å². The van der Waals surface area contributed by atoms with Crippen molar-refractivity contribution in [2.45, 2.75) is 33.7 Å². The predicted molar refractivity (Wildman–Crippen MR) is 84.4 cm³/mol. The molecule has 1 atom stereocenters. The number of hydrogen-bond donors (Lipinski definition) is 1. The van der Waals surface area contributed by atoms with Gasteiger partial charge in [-0.3, -0.25) is 0 Å². The van der Waals surface area contributed by atoms with Crippen LogP contribution in [-0.2, 0) is 9.53 Å². The molecule has 0 spiro atoms. The molecular weight excluding hydrogens is 280 g/mol. The van der Waals surface area contributed by atoms with Crippen molar-refractivity contribution in [2.24, 2.45) is 0 Å². The number of urea groups is 1. The molecule has 5 heteroatoms. The second-order valence-corrected chi connectivity index (χ2v) is 5.74. The second kappa shape index (κ2) is 5.83. The largest absolute Gasteiger partial charge is 0.466 e. The van der Waals surface area contributed by atoms with E-state index in [2.05, 4.69) is 17.4 Å². The van der Waals surface area contributed by atoms with Crippen molar-refractivity contribution in [1.82, 2.24) is 10.2 Å². The van der Waals surface area contributed by atoms with Crippen LogP contribution < -0.4 is 5.32 Å². The van der Waals surface area contributed by atoms with Crippen LogP contribution in [0.4, 0.5) is 4.79 Å². The molecule has 1 heterocycles. The Hall–Kier alpha value is -2.30. The van der Waals surface area contributed by atoms with Gasteiger partial charge in [0.1, 0.15) is 0 Å². The fourth-order valence-electron chi connectivity index (χ4n) is 3.07. The van der Waals surface area contributed by atoms with Crippen LogP contribution in [0.3, 0.4) is 0 Å². The summed E-state index contributed by atoms with van der Waals surface area (Å²) in [6, 6.07) is 3.39. The molecule has 0 saturated carbocycles. The number of allylic oxidation sites excluding steroid dienone is 1. The molecule has 0 aliphatic carbocycles. The molecule has 2 amide bonds. The Morgan fingerprint density at radius 1 is 1.18 bits per heavy atom. The van der Waals surface area contributed by atoms with Crippen molar-refractivity contribution in [1.29, 1.82) is 0 Å². The first-order valence-electron chi connectivity index (χ1n) is 7.19. The van der Waals surface area contributed by atoms with E-state index in [4.69, 9.17) is 4.74 Å². The minimum absolute atomic E-state index is 0.227. The third-order valence-corrected chi connectivity index (χ3v) is 4.19. The third kappa shape index (κ3) is 2.58. The SMILES string of the molecule is COC(=O)C1=C(C)N(C)C(=O)N[C@H]1c1c(C)cc(C)cc1C. The van der Waals surface area contributed by atoms with Gasteiger partial charge in [0, 0.05) is 12.7 Å². The van der Waals surface area contributed by atoms with Crippen LogP contribution in [0.5, 0.6) is 0 Å². The maximum Gasteiger partial charge on any atom is 0.337 e. The maximum atomic E-state index is 12.2. The Morgan fingerprint density at radius 2 is 1.73 bits per heavy atom. The number of amides is 2. The summed E-state index contributed by atoms with van der Waals surface area (Å²) in [5.41, 5.74) is 5.27. The molecule has 118 valence electrons. The van der Waals surface area contributed by atoms with Gasteiger partial charge in [-0.15, -0.1) is 0 Å². The van der Waals surface area contributed by atoms with Crippen LogP contribution in [-0.4, -0.2) is 31.1 Å². The summed E-state index contributed by atoms with van der Waals surface area (Å²) in [4.78, 5) is 25.8. The molecule has 0 unspecified atom stereocenters. The Bertz CT molecular complexity index is 653. The summed E-state index contributed by atoms with van der Waals surface area (Å²) >= 11 is 0. The monoisotopic (exact) mass is 302 g/mol. The molecule has 1 aliphatic rings. The first kappa shape index (κ1) is 16.1. The predicted octanol–water partition coefficient (Wildman–Crippen LogP) is 2.75. The summed E-state index contributed by atoms with van der Waals surface area (Å²) in [5, 5.41) is 2.91. The van der Waals surface area contributed by atoms with Crippen molar-refractivity contribution in [3.8, 4) is 0 Å². The number of ether oxygens (including phenoxy) is 1. The van der Waals surface area contributed by atoms with Crippen molar-refractivity contribution in [3.05, 3.63) is 45.7 Å². The van der Waals surface area contributed by atoms with Gasteiger partial charge in [-0.05, 0) is 44.4 Å². The van der Waals surface area contributed by atoms with E-state index < -0.39 is 12.0 Å². The van der Waals surface area contributed by atoms with Crippen molar-refractivity contribution >= 4 is 12.0 Å². The third-order valence-electron chi connectivity index (χ3n) is 4.19. The van der Waals surface area contributed by atoms with Crippen LogP contribution in [0.15, 0.2) is 23.4 Å². The summed E-state index contributed by atoms with van der Waals surface area (Å²) in [7, 11) is 2.99. The Labute approximate surface area is 130 Å². The molecule has 0 saturated heterocycles. The smallest absolute Gasteiger partial charge is 0.337 e. The molecule has 1 aromatic carbocycles. The number of hydrogen-bond acceptors (Lipinski definition) is 3. The van der Waals surface area contributed by atoms with Crippen LogP contribution in [0, 0.1) is 20.8 Å². The molecule has 0 bridgehead atoms. The minimum Gasteiger partial charge on any atom is -0.466 e. The molecular formula is C17H22N2O3. The number of carbonyl (C=O) groups is 2. The summed E-state index contributed by atoms with van der Waals surface area (Å²) in [6.07, 6.45) is 0. The van der Waals surface area contributed by atoms with Crippen LogP contribution in [0.25, 0.3) is 0 Å². The molecule has 5 nitrogen and oxygen atoms in total. The number of rotatable bonds is 2. The number of nitrogens with zero attached hydrogens (tertiary/aromatic N) is 1. The van der Waals surface area contributed by atoms with E-state index in [1.165, 1.54) is 12.0 Å². The van der Waals surface area contributed by atoms with Gasteiger partial charge >= 0.3 is 12.0 Å². The van der Waals surface area contributed by atoms with Gasteiger partial charge in [-0.25, -0.2) is 9.59 Å². The number of aryl methyl sites for hydroxylation is 3. The molecule has 1 N–H and O–H groups in total. The first-order chi connectivity index (χ1) is 10.3. The zero-order valence-corrected chi connectivity index (χ0v) is 13.9. The van der Waals surface area contributed by atoms with E-state index in [-0.39, 0.29) is 6.03 Å². The lowest BCUT2D eigenvalue weighted by Gasteiger charge is -2.34. The van der Waals surface area contributed by atoms with Gasteiger partial charge in [0.25, 0.3) is 0 Å². The average Bonchev–Trinajstić information content (AvgIpc) is 2.43. The molecule has 0 aromatic heterocycles. The average molecular weight is 302 g/mol. The summed E-state index contributed by atoms with van der Waals surface area (Å²) in [5.74, 6) is -0.422. The van der Waals surface area contributed by atoms with Gasteiger partial charge in [0.2, 0.25) is 0 Å². The van der Waals surface area contributed by atoms with Crippen LogP contribution in [0.1, 0.15) is 35.2 Å². The quantitative estimate of drug-likeness (QED) is 0.855. The maximum absolute atomic E-state index is 12.2. The van der Waals surface area contributed by atoms with E-state index in [9.17, 15) is 9.59 Å². The second-order valence-electron chi connectivity index (χ2n) is 5.74. The van der Waals surface area contributed by atoms with Gasteiger partial charge in [0.15, 0.2) is 0 Å². The van der Waals surface area contributed by atoms with Gasteiger partial charge in [-0.2, -0.15) is 0 Å². The molecule has 2 rings (SSSR count). The Morgan fingerprint density at radius 3 is 2.23 bits per heavy atom. The number of methoxy groups -OCH3 is 1. The van der Waals surface area contributed by atoms with Crippen molar-refractivity contribution in [2.75, 3.05) is 14.2 Å². The topological polar surface area (TPSA) is 58.6 Å². The van der Waals surface area contributed by atoms with E-state index in [1.54, 1.807) is 14.0 Å². The van der Waals surface area contributed by atoms with Gasteiger partial charge < -0.3 is 15.0 Å². The summed E-state index contributed by atoms with van der Waals surface area (Å²) < 4.78 is 4.92. The van der Waals surface area contributed by atoms with E-state index in [0.29, 0.717) is 11.3 Å². The standard InChI is InChI=1S/C17H22N2O3/c1-9-7-10(2)13(11(3)8-9)15-14(16(20)22-6)12(4)19(5)17(21)18-15/h7-8,15H,1-6H3,(H,18,21)/t15-/m0/s1. The van der Waals surface area contributed by atoms with E-state index >= 15 is 0 Å². The highest BCUT2D eigenvalue weighted by Crippen LogP contribution is 2.34. The van der Waals surface area contributed by atoms with E-state index in [0.717, 1.165) is 22.3 Å². The summed E-state index contributed by atoms with van der Waals surface area (Å²) in [6.45, 7) is 7.77. The molecule has 1 aliphatic heterocycles. The minimum atomic E-state index is -0.489. The highest BCUT2D eigenvalue weighted by Gasteiger charge is 2.36. The number of esters is 1. The zero-order valence-electron chi connectivity index (χ0n) is 13.9. The number of nitrogens with one attached hydrogen (secondary N) is 1. The van der Waals surface area contributed by atoms with Crippen LogP contribution >= 0.6 is 0 Å². The van der Waals surface area contributed by atoms with Crippen molar-refractivity contribution < 1.29 is 14.3 Å². The lowest BCUT2D eigenvalue weighted by atomic mass is 9.88. The first-order valence-corrected chi connectivity index (χ1v) is 7.19. The molecule has 1 aromatic rings. The lowest BCUT2D eigenvalue weighted by molar-refractivity contribution is -0.136.